The van der Waals surface area contributed by atoms with E-state index in [-0.39, 0.29) is 17.7 Å². The van der Waals surface area contributed by atoms with Gasteiger partial charge >= 0.3 is 0 Å². The molecule has 0 aromatic rings. The number of likely N-dealkylation sites (tertiary alicyclic amines) is 1. The van der Waals surface area contributed by atoms with Gasteiger partial charge in [-0.05, 0) is 33.6 Å². The van der Waals surface area contributed by atoms with Crippen LogP contribution in [0.4, 0.5) is 0 Å². The fourth-order valence-corrected chi connectivity index (χ4v) is 2.29. The zero-order chi connectivity index (χ0) is 13.1. The number of alkyl halides is 1. The number of amides is 2. The van der Waals surface area contributed by atoms with Gasteiger partial charge in [0, 0.05) is 25.6 Å². The minimum absolute atomic E-state index is 0.0671. The van der Waals surface area contributed by atoms with Crippen molar-refractivity contribution in [3.05, 3.63) is 0 Å². The van der Waals surface area contributed by atoms with E-state index < -0.39 is 4.32 Å². The molecule has 0 aliphatic carbocycles. The SMILES string of the molecule is CCNC(=O)C1CCN(C(=O)C(C)(C)Br)CC1. The molecule has 0 saturated carbocycles. The van der Waals surface area contributed by atoms with Crippen LogP contribution in [0.15, 0.2) is 0 Å². The Labute approximate surface area is 111 Å². The van der Waals surface area contributed by atoms with Crippen molar-refractivity contribution in [1.29, 1.82) is 0 Å². The molecule has 17 heavy (non-hydrogen) atoms. The fourth-order valence-electron chi connectivity index (χ4n) is 2.04. The molecule has 4 nitrogen and oxygen atoms in total. The van der Waals surface area contributed by atoms with Gasteiger partial charge in [0.2, 0.25) is 11.8 Å². The van der Waals surface area contributed by atoms with E-state index in [0.717, 1.165) is 12.8 Å². The molecule has 1 heterocycles. The van der Waals surface area contributed by atoms with Gasteiger partial charge in [0.25, 0.3) is 0 Å². The van der Waals surface area contributed by atoms with Crippen LogP contribution in [0.2, 0.25) is 0 Å². The number of hydrogen-bond acceptors (Lipinski definition) is 2. The van der Waals surface area contributed by atoms with Crippen LogP contribution in [-0.4, -0.2) is 40.7 Å². The lowest BCUT2D eigenvalue weighted by atomic mass is 9.95. The highest BCUT2D eigenvalue weighted by Crippen LogP contribution is 2.24. The topological polar surface area (TPSA) is 49.4 Å². The van der Waals surface area contributed by atoms with Gasteiger partial charge < -0.3 is 10.2 Å². The number of carbonyl (C=O) groups excluding carboxylic acids is 2. The largest absolute Gasteiger partial charge is 0.356 e. The summed E-state index contributed by atoms with van der Waals surface area (Å²) in [7, 11) is 0. The van der Waals surface area contributed by atoms with Gasteiger partial charge in [0.15, 0.2) is 0 Å². The molecule has 1 saturated heterocycles. The molecule has 1 aliphatic heterocycles. The van der Waals surface area contributed by atoms with Gasteiger partial charge in [-0.15, -0.1) is 0 Å². The number of piperidine rings is 1. The monoisotopic (exact) mass is 304 g/mol. The molecule has 1 aliphatic rings. The van der Waals surface area contributed by atoms with E-state index in [0.29, 0.717) is 19.6 Å². The molecule has 1 rings (SSSR count). The summed E-state index contributed by atoms with van der Waals surface area (Å²) in [6.07, 6.45) is 1.53. The van der Waals surface area contributed by atoms with E-state index in [1.54, 1.807) is 0 Å². The van der Waals surface area contributed by atoms with Crippen molar-refractivity contribution in [3.63, 3.8) is 0 Å². The van der Waals surface area contributed by atoms with E-state index >= 15 is 0 Å². The summed E-state index contributed by atoms with van der Waals surface area (Å²) in [4.78, 5) is 25.5. The maximum Gasteiger partial charge on any atom is 0.238 e. The number of nitrogens with one attached hydrogen (secondary N) is 1. The lowest BCUT2D eigenvalue weighted by Crippen LogP contribution is -2.47. The van der Waals surface area contributed by atoms with Crippen LogP contribution in [0.5, 0.6) is 0 Å². The highest BCUT2D eigenvalue weighted by Gasteiger charge is 2.33. The summed E-state index contributed by atoms with van der Waals surface area (Å²) in [6.45, 7) is 7.65. The standard InChI is InChI=1S/C12H21BrN2O2/c1-4-14-10(16)9-5-7-15(8-6-9)11(17)12(2,3)13/h9H,4-8H2,1-3H3,(H,14,16). The van der Waals surface area contributed by atoms with Crippen molar-refractivity contribution in [2.45, 2.75) is 37.9 Å². The van der Waals surface area contributed by atoms with E-state index in [1.165, 1.54) is 0 Å². The predicted molar refractivity (Wildman–Crippen MR) is 71.0 cm³/mol. The molecule has 1 fully saturated rings. The number of hydrogen-bond donors (Lipinski definition) is 1. The number of nitrogens with zero attached hydrogens (tertiary/aromatic N) is 1. The highest BCUT2D eigenvalue weighted by molar-refractivity contribution is 9.10. The molecule has 0 radical (unpaired) electrons. The highest BCUT2D eigenvalue weighted by atomic mass is 79.9. The van der Waals surface area contributed by atoms with Crippen LogP contribution in [0.1, 0.15) is 33.6 Å². The molecule has 98 valence electrons. The predicted octanol–water partition coefficient (Wildman–Crippen LogP) is 1.53. The first kappa shape index (κ1) is 14.5. The Morgan fingerprint density at radius 2 is 1.88 bits per heavy atom. The second-order valence-corrected chi connectivity index (χ2v) is 6.92. The van der Waals surface area contributed by atoms with Crippen molar-refractivity contribution < 1.29 is 9.59 Å². The van der Waals surface area contributed by atoms with Gasteiger partial charge in [0.1, 0.15) is 0 Å². The van der Waals surface area contributed by atoms with Gasteiger partial charge in [-0.25, -0.2) is 0 Å². The Bertz CT molecular complexity index is 291. The lowest BCUT2D eigenvalue weighted by Gasteiger charge is -2.34. The summed E-state index contributed by atoms with van der Waals surface area (Å²) < 4.78 is -0.508. The first-order valence-corrected chi connectivity index (χ1v) is 6.91. The van der Waals surface area contributed by atoms with Crippen LogP contribution in [0.3, 0.4) is 0 Å². The molecular formula is C12H21BrN2O2. The molecule has 0 atom stereocenters. The number of halogens is 1. The molecule has 5 heteroatoms. The summed E-state index contributed by atoms with van der Waals surface area (Å²) in [5.41, 5.74) is 0. The van der Waals surface area contributed by atoms with E-state index in [9.17, 15) is 9.59 Å². The average Bonchev–Trinajstić information content (AvgIpc) is 2.27. The third-order valence-electron chi connectivity index (χ3n) is 3.01. The lowest BCUT2D eigenvalue weighted by molar-refractivity contribution is -0.136. The zero-order valence-electron chi connectivity index (χ0n) is 10.8. The molecule has 0 bridgehead atoms. The Morgan fingerprint density at radius 1 is 1.35 bits per heavy atom. The summed E-state index contributed by atoms with van der Waals surface area (Å²) >= 11 is 3.38. The van der Waals surface area contributed by atoms with Crippen LogP contribution in [0, 0.1) is 5.92 Å². The normalized spacial score (nSPS) is 18.0. The summed E-state index contributed by atoms with van der Waals surface area (Å²) in [6, 6.07) is 0. The molecule has 0 aromatic heterocycles. The molecule has 0 aromatic carbocycles. The van der Waals surface area contributed by atoms with Gasteiger partial charge in [0.05, 0.1) is 4.32 Å². The molecule has 0 spiro atoms. The molecule has 0 unspecified atom stereocenters. The number of rotatable bonds is 3. The third kappa shape index (κ3) is 3.98. The Hall–Kier alpha value is -0.580. The van der Waals surface area contributed by atoms with E-state index in [4.69, 9.17) is 0 Å². The minimum atomic E-state index is -0.508. The molecule has 2 amide bonds. The van der Waals surface area contributed by atoms with Gasteiger partial charge in [-0.2, -0.15) is 0 Å². The Morgan fingerprint density at radius 3 is 2.29 bits per heavy atom. The summed E-state index contributed by atoms with van der Waals surface area (Å²) in [5.74, 6) is 0.294. The van der Waals surface area contributed by atoms with E-state index in [2.05, 4.69) is 21.2 Å². The molecule has 1 N–H and O–H groups in total. The van der Waals surface area contributed by atoms with Crippen LogP contribution >= 0.6 is 15.9 Å². The van der Waals surface area contributed by atoms with E-state index in [1.807, 2.05) is 25.7 Å². The smallest absolute Gasteiger partial charge is 0.238 e. The minimum Gasteiger partial charge on any atom is -0.356 e. The third-order valence-corrected chi connectivity index (χ3v) is 3.35. The Kier molecular flexibility index (Phi) is 4.98. The fraction of sp³-hybridized carbons (Fsp3) is 0.833. The van der Waals surface area contributed by atoms with Crippen LogP contribution < -0.4 is 5.32 Å². The first-order chi connectivity index (χ1) is 7.86. The van der Waals surface area contributed by atoms with Crippen molar-refractivity contribution in [2.24, 2.45) is 5.92 Å². The van der Waals surface area contributed by atoms with Crippen molar-refractivity contribution in [2.75, 3.05) is 19.6 Å². The zero-order valence-corrected chi connectivity index (χ0v) is 12.3. The Balaban J connectivity index is 2.46. The van der Waals surface area contributed by atoms with Crippen molar-refractivity contribution in [1.82, 2.24) is 10.2 Å². The van der Waals surface area contributed by atoms with Crippen molar-refractivity contribution in [3.8, 4) is 0 Å². The maximum atomic E-state index is 12.0. The summed E-state index contributed by atoms with van der Waals surface area (Å²) in [5, 5.41) is 2.84. The number of carbonyl (C=O) groups is 2. The maximum absolute atomic E-state index is 12.0. The quantitative estimate of drug-likeness (QED) is 0.804. The first-order valence-electron chi connectivity index (χ1n) is 6.12. The average molecular weight is 305 g/mol. The second-order valence-electron chi connectivity index (χ2n) is 4.93. The van der Waals surface area contributed by atoms with Gasteiger partial charge in [-0.1, -0.05) is 15.9 Å². The molecular weight excluding hydrogens is 284 g/mol. The van der Waals surface area contributed by atoms with Crippen molar-refractivity contribution >= 4 is 27.7 Å². The van der Waals surface area contributed by atoms with Gasteiger partial charge in [-0.3, -0.25) is 9.59 Å². The second kappa shape index (κ2) is 5.85. The van der Waals surface area contributed by atoms with Crippen LogP contribution in [0.25, 0.3) is 0 Å². The van der Waals surface area contributed by atoms with Crippen LogP contribution in [-0.2, 0) is 9.59 Å².